The summed E-state index contributed by atoms with van der Waals surface area (Å²) >= 11 is 15.9. The van der Waals surface area contributed by atoms with Gasteiger partial charge in [-0.1, -0.05) is 77.3 Å². The van der Waals surface area contributed by atoms with E-state index < -0.39 is 12.0 Å². The molecule has 0 saturated heterocycles. The summed E-state index contributed by atoms with van der Waals surface area (Å²) in [5.41, 5.74) is 2.82. The van der Waals surface area contributed by atoms with Crippen molar-refractivity contribution < 1.29 is 9.59 Å². The number of rotatable bonds is 8. The van der Waals surface area contributed by atoms with E-state index in [4.69, 9.17) is 23.2 Å². The summed E-state index contributed by atoms with van der Waals surface area (Å²) < 4.78 is 1.08. The molecule has 4 aromatic carbocycles. The van der Waals surface area contributed by atoms with Crippen LogP contribution in [0.4, 0.5) is 0 Å². The summed E-state index contributed by atoms with van der Waals surface area (Å²) in [6, 6.07) is 29.6. The lowest BCUT2D eigenvalue weighted by Gasteiger charge is -2.27. The average Bonchev–Trinajstić information content (AvgIpc) is 3.39. The monoisotopic (exact) mass is 589 g/mol. The quantitative estimate of drug-likeness (QED) is 0.145. The van der Waals surface area contributed by atoms with E-state index in [0.29, 0.717) is 26.7 Å². The van der Waals surface area contributed by atoms with Gasteiger partial charge in [-0.25, -0.2) is 0 Å². The standard InChI is InChI=1S/C32H25Cl2NO2S2/c1-19-7-9-21(10-8-19)32(37)35-30(28-18-22-5-3-4-6-27(22)39-28)29(23-13-16-25(33)26(34)17-23)31(36)20-11-14-24(38-2)15-12-20/h3-18,29-30H,1-2H3,(H,35,37). The summed E-state index contributed by atoms with van der Waals surface area (Å²) in [7, 11) is 0. The number of ketones is 1. The molecular formula is C32H25Cl2NO2S2. The van der Waals surface area contributed by atoms with Gasteiger partial charge in [-0.3, -0.25) is 9.59 Å². The zero-order valence-corrected chi connectivity index (χ0v) is 24.4. The van der Waals surface area contributed by atoms with Gasteiger partial charge in [0.2, 0.25) is 0 Å². The second-order valence-corrected chi connectivity index (χ2v) is 12.1. The van der Waals surface area contributed by atoms with Crippen molar-refractivity contribution in [1.29, 1.82) is 0 Å². The van der Waals surface area contributed by atoms with Crippen LogP contribution in [0.1, 0.15) is 48.7 Å². The summed E-state index contributed by atoms with van der Waals surface area (Å²) in [4.78, 5) is 29.8. The molecule has 5 rings (SSSR count). The average molecular weight is 591 g/mol. The van der Waals surface area contributed by atoms with Crippen LogP contribution in [0.3, 0.4) is 0 Å². The zero-order valence-electron chi connectivity index (χ0n) is 21.3. The van der Waals surface area contributed by atoms with Gasteiger partial charge >= 0.3 is 0 Å². The van der Waals surface area contributed by atoms with E-state index in [1.54, 1.807) is 47.4 Å². The predicted octanol–water partition coefficient (Wildman–Crippen LogP) is 9.38. The third-order valence-corrected chi connectivity index (χ3v) is 9.33. The lowest BCUT2D eigenvalue weighted by Crippen LogP contribution is -2.35. The van der Waals surface area contributed by atoms with Crippen molar-refractivity contribution in [2.45, 2.75) is 23.8 Å². The number of hydrogen-bond donors (Lipinski definition) is 1. The highest BCUT2D eigenvalue weighted by atomic mass is 35.5. The molecule has 0 bridgehead atoms. The Balaban J connectivity index is 1.66. The molecule has 1 aromatic heterocycles. The highest BCUT2D eigenvalue weighted by Crippen LogP contribution is 2.41. The lowest BCUT2D eigenvalue weighted by molar-refractivity contribution is 0.0892. The maximum absolute atomic E-state index is 14.3. The van der Waals surface area contributed by atoms with Crippen LogP contribution in [0.25, 0.3) is 10.1 Å². The number of halogens is 2. The van der Waals surface area contributed by atoms with E-state index in [1.807, 2.05) is 79.9 Å². The number of hydrogen-bond acceptors (Lipinski definition) is 4. The summed E-state index contributed by atoms with van der Waals surface area (Å²) in [6.45, 7) is 1.98. The van der Waals surface area contributed by atoms with Crippen molar-refractivity contribution in [2.75, 3.05) is 6.26 Å². The number of Topliss-reactive ketones (excluding diaryl/α,β-unsaturated/α-hetero) is 1. The van der Waals surface area contributed by atoms with Gasteiger partial charge in [-0.15, -0.1) is 23.1 Å². The normalized spacial score (nSPS) is 12.7. The molecule has 1 N–H and O–H groups in total. The molecule has 3 nitrogen and oxygen atoms in total. The molecule has 39 heavy (non-hydrogen) atoms. The number of amides is 1. The Labute approximate surface area is 246 Å². The van der Waals surface area contributed by atoms with Crippen molar-refractivity contribution in [1.82, 2.24) is 5.32 Å². The van der Waals surface area contributed by atoms with Crippen molar-refractivity contribution in [3.63, 3.8) is 0 Å². The molecule has 0 aliphatic rings. The van der Waals surface area contributed by atoms with Crippen LogP contribution in [0.2, 0.25) is 10.0 Å². The molecule has 1 amide bonds. The van der Waals surface area contributed by atoms with E-state index in [1.165, 1.54) is 0 Å². The van der Waals surface area contributed by atoms with Gasteiger partial charge in [0, 0.05) is 25.6 Å². The molecule has 1 heterocycles. The van der Waals surface area contributed by atoms with Crippen molar-refractivity contribution in [3.05, 3.63) is 134 Å². The fourth-order valence-corrected chi connectivity index (χ4v) is 6.41. The van der Waals surface area contributed by atoms with Crippen molar-refractivity contribution >= 4 is 68.1 Å². The Morgan fingerprint density at radius 2 is 1.51 bits per heavy atom. The van der Waals surface area contributed by atoms with E-state index >= 15 is 0 Å². The molecular weight excluding hydrogens is 565 g/mol. The van der Waals surface area contributed by atoms with E-state index in [9.17, 15) is 9.59 Å². The molecule has 0 aliphatic heterocycles. The van der Waals surface area contributed by atoms with Crippen LogP contribution in [0.15, 0.2) is 102 Å². The van der Waals surface area contributed by atoms with Crippen LogP contribution >= 0.6 is 46.3 Å². The maximum Gasteiger partial charge on any atom is 0.251 e. The maximum atomic E-state index is 14.3. The summed E-state index contributed by atoms with van der Waals surface area (Å²) in [6.07, 6.45) is 1.99. The number of aryl methyl sites for hydroxylation is 1. The first-order chi connectivity index (χ1) is 18.8. The summed E-state index contributed by atoms with van der Waals surface area (Å²) in [5, 5.41) is 5.01. The fourth-order valence-electron chi connectivity index (χ4n) is 4.54. The molecule has 0 aliphatic carbocycles. The third-order valence-electron chi connectivity index (χ3n) is 6.64. The molecule has 0 spiro atoms. The number of thiophene rings is 1. The van der Waals surface area contributed by atoms with E-state index in [2.05, 4.69) is 11.4 Å². The molecule has 0 radical (unpaired) electrons. The third kappa shape index (κ3) is 6.07. The first-order valence-corrected chi connectivity index (χ1v) is 15.1. The van der Waals surface area contributed by atoms with Crippen LogP contribution in [0.5, 0.6) is 0 Å². The highest BCUT2D eigenvalue weighted by Gasteiger charge is 2.35. The van der Waals surface area contributed by atoms with E-state index in [0.717, 1.165) is 25.4 Å². The highest BCUT2D eigenvalue weighted by molar-refractivity contribution is 7.98. The van der Waals surface area contributed by atoms with Crippen LogP contribution in [-0.4, -0.2) is 17.9 Å². The second kappa shape index (κ2) is 12.0. The Kier molecular flexibility index (Phi) is 8.43. The second-order valence-electron chi connectivity index (χ2n) is 9.25. The van der Waals surface area contributed by atoms with Crippen LogP contribution in [0, 0.1) is 6.92 Å². The Bertz CT molecular complexity index is 1610. The van der Waals surface area contributed by atoms with Crippen LogP contribution < -0.4 is 5.32 Å². The molecule has 2 unspecified atom stereocenters. The number of carbonyl (C=O) groups is 2. The number of benzene rings is 4. The van der Waals surface area contributed by atoms with Gasteiger partial charge in [0.1, 0.15) is 0 Å². The van der Waals surface area contributed by atoms with Gasteiger partial charge in [-0.2, -0.15) is 0 Å². The summed E-state index contributed by atoms with van der Waals surface area (Å²) in [5.74, 6) is -1.12. The minimum Gasteiger partial charge on any atom is -0.343 e. The minimum atomic E-state index is -0.748. The minimum absolute atomic E-state index is 0.118. The van der Waals surface area contributed by atoms with Gasteiger partial charge in [0.05, 0.1) is 22.0 Å². The smallest absolute Gasteiger partial charge is 0.251 e. The van der Waals surface area contributed by atoms with Gasteiger partial charge in [-0.05, 0) is 72.7 Å². The SMILES string of the molecule is CSc1ccc(C(=O)C(c2ccc(Cl)c(Cl)c2)C(NC(=O)c2ccc(C)cc2)c2cc3ccccc3s2)cc1. The largest absolute Gasteiger partial charge is 0.343 e. The Morgan fingerprint density at radius 3 is 2.18 bits per heavy atom. The first-order valence-electron chi connectivity index (χ1n) is 12.3. The van der Waals surface area contributed by atoms with Crippen molar-refractivity contribution in [2.24, 2.45) is 0 Å². The lowest BCUT2D eigenvalue weighted by atomic mass is 9.83. The number of fused-ring (bicyclic) bond motifs is 1. The molecule has 0 saturated carbocycles. The van der Waals surface area contributed by atoms with Gasteiger partial charge in [0.15, 0.2) is 5.78 Å². The van der Waals surface area contributed by atoms with Crippen LogP contribution in [-0.2, 0) is 0 Å². The van der Waals surface area contributed by atoms with Gasteiger partial charge < -0.3 is 5.32 Å². The Hall–Kier alpha value is -3.09. The molecule has 196 valence electrons. The number of nitrogens with one attached hydrogen (secondary N) is 1. The Morgan fingerprint density at radius 1 is 0.821 bits per heavy atom. The fraction of sp³-hybridized carbons (Fsp3) is 0.125. The van der Waals surface area contributed by atoms with Gasteiger partial charge in [0.25, 0.3) is 5.91 Å². The zero-order chi connectivity index (χ0) is 27.5. The molecule has 7 heteroatoms. The van der Waals surface area contributed by atoms with E-state index in [-0.39, 0.29) is 11.7 Å². The topological polar surface area (TPSA) is 46.2 Å². The predicted molar refractivity (Wildman–Crippen MR) is 165 cm³/mol. The molecule has 0 fully saturated rings. The first kappa shape index (κ1) is 27.5. The number of thioether (sulfide) groups is 1. The molecule has 5 aromatic rings. The van der Waals surface area contributed by atoms with Crippen molar-refractivity contribution in [3.8, 4) is 0 Å². The number of carbonyl (C=O) groups excluding carboxylic acids is 2. The molecule has 2 atom stereocenters.